The maximum absolute atomic E-state index is 4.54. The fraction of sp³-hybridized carbons (Fsp3) is 0.393. The van der Waals surface area contributed by atoms with Gasteiger partial charge in [0.1, 0.15) is 0 Å². The van der Waals surface area contributed by atoms with Gasteiger partial charge < -0.3 is 35.4 Å². The molecule has 0 aliphatic rings. The average Bonchev–Trinajstić information content (AvgIpc) is 2.72. The molecule has 0 saturated heterocycles. The molecule has 4 nitrogen and oxygen atoms in total. The van der Waals surface area contributed by atoms with Crippen LogP contribution in [0.1, 0.15) is 39.1 Å². The molecule has 7 heteroatoms. The van der Waals surface area contributed by atoms with Gasteiger partial charge in [-0.2, -0.15) is 0 Å². The van der Waals surface area contributed by atoms with E-state index in [0.717, 1.165) is 38.4 Å². The van der Waals surface area contributed by atoms with E-state index in [9.17, 15) is 0 Å². The van der Waals surface area contributed by atoms with Crippen molar-refractivity contribution >= 4 is 11.4 Å². The van der Waals surface area contributed by atoms with Gasteiger partial charge in [-0.3, -0.25) is 9.88 Å². The van der Waals surface area contributed by atoms with Crippen LogP contribution in [0.15, 0.2) is 48.7 Å². The van der Waals surface area contributed by atoms with Gasteiger partial charge in [-0.1, -0.05) is 41.5 Å². The Hall–Kier alpha value is -1.75. The summed E-state index contributed by atoms with van der Waals surface area (Å²) in [6, 6.07) is 15.1. The Morgan fingerprint density at radius 2 is 1.11 bits per heavy atom. The topological polar surface area (TPSA) is 40.2 Å². The van der Waals surface area contributed by atoms with Crippen LogP contribution in [0.25, 0.3) is 0 Å². The van der Waals surface area contributed by atoms with E-state index in [2.05, 4.69) is 98.5 Å². The van der Waals surface area contributed by atoms with Gasteiger partial charge >= 0.3 is 17.1 Å². The minimum atomic E-state index is 0. The van der Waals surface area contributed by atoms with Crippen molar-refractivity contribution in [3.8, 4) is 0 Å². The van der Waals surface area contributed by atoms with Gasteiger partial charge in [-0.25, -0.2) is 0 Å². The Kier molecular flexibility index (Phi) is 15.3. The summed E-state index contributed by atoms with van der Waals surface area (Å²) in [4.78, 5) is 7.02. The zero-order valence-electron chi connectivity index (χ0n) is 21.6. The third-order valence-electron chi connectivity index (χ3n) is 5.93. The fourth-order valence-corrected chi connectivity index (χ4v) is 4.59. The molecule has 2 aromatic carbocycles. The fourth-order valence-electron chi connectivity index (χ4n) is 4.59. The van der Waals surface area contributed by atoms with E-state index in [-0.39, 0.29) is 41.9 Å². The molecule has 0 spiro atoms. The number of halogens is 2. The summed E-state index contributed by atoms with van der Waals surface area (Å²) < 4.78 is 0. The van der Waals surface area contributed by atoms with Crippen molar-refractivity contribution in [1.82, 2.24) is 9.88 Å². The van der Waals surface area contributed by atoms with E-state index in [0.29, 0.717) is 0 Å². The first-order chi connectivity index (χ1) is 15.3. The molecule has 1 aromatic heterocycles. The summed E-state index contributed by atoms with van der Waals surface area (Å²) in [6.07, 6.45) is 1.88. The summed E-state index contributed by atoms with van der Waals surface area (Å²) in [7, 11) is 0. The van der Waals surface area contributed by atoms with E-state index in [4.69, 9.17) is 0 Å². The quantitative estimate of drug-likeness (QED) is 0.339. The minimum Gasteiger partial charge on any atom is -1.00 e. The number of benzene rings is 2. The van der Waals surface area contributed by atoms with Crippen LogP contribution in [0.5, 0.6) is 0 Å². The van der Waals surface area contributed by atoms with Gasteiger partial charge in [0, 0.05) is 50.3 Å². The maximum Gasteiger partial charge on any atom is 2.00 e. The molecule has 0 unspecified atom stereocenters. The molecule has 0 amide bonds. The third kappa shape index (κ3) is 10.0. The summed E-state index contributed by atoms with van der Waals surface area (Å²) >= 11 is 0. The van der Waals surface area contributed by atoms with Crippen LogP contribution in [0, 0.1) is 41.5 Å². The standard InChI is InChI=1S/C28H38N4.2ClH.Cu/c1-20-15-22(3)27(23(4)16-20)30-11-13-32(19-26-9-7-8-10-29-26)14-12-31-28-24(5)17-21(2)18-25(28)6;;;/h7-10,15-18,30-31H,11-14,19H2,1-6H3;2*1H;/q;;;+2/p-2. The molecule has 3 rings (SSSR count). The molecule has 0 aliphatic carbocycles. The predicted molar refractivity (Wildman–Crippen MR) is 138 cm³/mol. The van der Waals surface area contributed by atoms with Gasteiger partial charge in [0.25, 0.3) is 0 Å². The minimum absolute atomic E-state index is 0. The summed E-state index contributed by atoms with van der Waals surface area (Å²) in [5, 5.41) is 7.35. The number of pyridine rings is 1. The van der Waals surface area contributed by atoms with Gasteiger partial charge in [-0.05, 0) is 75.9 Å². The molecule has 0 bridgehead atoms. The van der Waals surface area contributed by atoms with Crippen LogP contribution in [0.2, 0.25) is 0 Å². The normalized spacial score (nSPS) is 10.1. The van der Waals surface area contributed by atoms with Crippen LogP contribution in [-0.2, 0) is 23.6 Å². The van der Waals surface area contributed by atoms with E-state index in [1.165, 1.54) is 44.8 Å². The van der Waals surface area contributed by atoms with E-state index in [1.807, 2.05) is 12.3 Å². The van der Waals surface area contributed by atoms with Crippen LogP contribution in [0.4, 0.5) is 11.4 Å². The number of anilines is 2. The van der Waals surface area contributed by atoms with Gasteiger partial charge in [0.2, 0.25) is 0 Å². The maximum atomic E-state index is 4.54. The number of hydrogen-bond acceptors (Lipinski definition) is 4. The third-order valence-corrected chi connectivity index (χ3v) is 5.93. The Balaban J connectivity index is 0.00000385. The Morgan fingerprint density at radius 1 is 0.686 bits per heavy atom. The summed E-state index contributed by atoms with van der Waals surface area (Å²) in [5.74, 6) is 0. The number of hydrogen-bond donors (Lipinski definition) is 2. The monoisotopic (exact) mass is 563 g/mol. The molecule has 35 heavy (non-hydrogen) atoms. The Bertz CT molecular complexity index is 935. The first-order valence-corrected chi connectivity index (χ1v) is 11.6. The van der Waals surface area contributed by atoms with Crippen LogP contribution in [-0.4, -0.2) is 36.1 Å². The Morgan fingerprint density at radius 3 is 1.49 bits per heavy atom. The zero-order chi connectivity index (χ0) is 23.1. The molecule has 195 valence electrons. The number of nitrogens with zero attached hydrogens (tertiary/aromatic N) is 2. The number of aromatic nitrogens is 1. The van der Waals surface area contributed by atoms with Crippen molar-refractivity contribution in [1.29, 1.82) is 0 Å². The largest absolute Gasteiger partial charge is 2.00 e. The van der Waals surface area contributed by atoms with Gasteiger partial charge in [0.05, 0.1) is 5.69 Å². The number of rotatable bonds is 10. The molecule has 0 atom stereocenters. The van der Waals surface area contributed by atoms with Crippen molar-refractivity contribution in [3.05, 3.63) is 87.7 Å². The summed E-state index contributed by atoms with van der Waals surface area (Å²) in [6.45, 7) is 17.6. The van der Waals surface area contributed by atoms with Crippen LogP contribution < -0.4 is 35.4 Å². The van der Waals surface area contributed by atoms with Crippen molar-refractivity contribution in [2.45, 2.75) is 48.1 Å². The first-order valence-electron chi connectivity index (χ1n) is 11.6. The van der Waals surface area contributed by atoms with Crippen molar-refractivity contribution < 1.29 is 41.9 Å². The van der Waals surface area contributed by atoms with E-state index < -0.39 is 0 Å². The molecular weight excluding hydrogens is 527 g/mol. The second-order valence-electron chi connectivity index (χ2n) is 9.00. The van der Waals surface area contributed by atoms with Crippen molar-refractivity contribution in [2.75, 3.05) is 36.8 Å². The molecule has 2 N–H and O–H groups in total. The van der Waals surface area contributed by atoms with Crippen molar-refractivity contribution in [2.24, 2.45) is 0 Å². The predicted octanol–water partition coefficient (Wildman–Crippen LogP) is -0.0362. The molecule has 0 aliphatic heterocycles. The number of nitrogens with one attached hydrogen (secondary N) is 2. The van der Waals surface area contributed by atoms with E-state index in [1.54, 1.807) is 0 Å². The number of aryl methyl sites for hydroxylation is 6. The average molecular weight is 565 g/mol. The first kappa shape index (κ1) is 33.2. The molecule has 3 aromatic rings. The smallest absolute Gasteiger partial charge is 1.00 e. The van der Waals surface area contributed by atoms with E-state index >= 15 is 0 Å². The molecule has 0 saturated carbocycles. The summed E-state index contributed by atoms with van der Waals surface area (Å²) in [5.41, 5.74) is 11.5. The zero-order valence-corrected chi connectivity index (χ0v) is 24.1. The van der Waals surface area contributed by atoms with Crippen LogP contribution in [0.3, 0.4) is 0 Å². The second kappa shape index (κ2) is 16.1. The van der Waals surface area contributed by atoms with Crippen molar-refractivity contribution in [3.63, 3.8) is 0 Å². The van der Waals surface area contributed by atoms with Gasteiger partial charge in [0.15, 0.2) is 0 Å². The molecular formula is C28H38Cl2CuN4. The second-order valence-corrected chi connectivity index (χ2v) is 9.00. The molecule has 1 heterocycles. The van der Waals surface area contributed by atoms with Crippen LogP contribution >= 0.6 is 0 Å². The SMILES string of the molecule is Cc1cc(C)c(NCCN(CCNc2c(C)cc(C)cc2C)Cc2ccccn2)c(C)c1.[Cl-].[Cl-].[Cu+2]. The molecule has 1 radical (unpaired) electrons. The van der Waals surface area contributed by atoms with Gasteiger partial charge in [-0.15, -0.1) is 0 Å². The Labute approximate surface area is 235 Å². The molecule has 0 fully saturated rings.